The fourth-order valence-electron chi connectivity index (χ4n) is 4.42. The summed E-state index contributed by atoms with van der Waals surface area (Å²) in [5, 5.41) is 0. The van der Waals surface area contributed by atoms with Gasteiger partial charge in [0.05, 0.1) is 17.2 Å². The van der Waals surface area contributed by atoms with Gasteiger partial charge in [0, 0.05) is 31.7 Å². The number of pyridine rings is 2. The maximum absolute atomic E-state index is 13.7. The second kappa shape index (κ2) is 8.44. The third kappa shape index (κ3) is 4.07. The fourth-order valence-corrected chi connectivity index (χ4v) is 4.42. The number of hydrogen-bond acceptors (Lipinski definition) is 5. The summed E-state index contributed by atoms with van der Waals surface area (Å²) in [4.78, 5) is 36.5. The van der Waals surface area contributed by atoms with Crippen LogP contribution in [0.1, 0.15) is 33.2 Å². The van der Waals surface area contributed by atoms with Gasteiger partial charge in [-0.05, 0) is 74.7 Å². The van der Waals surface area contributed by atoms with E-state index in [1.807, 2.05) is 69.3 Å². The first-order valence-corrected chi connectivity index (χ1v) is 11.4. The zero-order chi connectivity index (χ0) is 23.9. The molecule has 8 heteroatoms. The van der Waals surface area contributed by atoms with E-state index >= 15 is 0 Å². The summed E-state index contributed by atoms with van der Waals surface area (Å²) in [5.41, 5.74) is 3.49. The lowest BCUT2D eigenvalue weighted by atomic mass is 10.1. The predicted molar refractivity (Wildman–Crippen MR) is 130 cm³/mol. The van der Waals surface area contributed by atoms with Crippen LogP contribution in [0.5, 0.6) is 0 Å². The lowest BCUT2D eigenvalue weighted by Crippen LogP contribution is -2.36. The largest absolute Gasteiger partial charge is 0.444 e. The van der Waals surface area contributed by atoms with Crippen molar-refractivity contribution in [3.8, 4) is 16.8 Å². The molecule has 34 heavy (non-hydrogen) atoms. The maximum atomic E-state index is 13.7. The molecule has 1 atom stereocenters. The summed E-state index contributed by atoms with van der Waals surface area (Å²) in [7, 11) is 0. The Hall–Kier alpha value is -3.94. The second-order valence-electron chi connectivity index (χ2n) is 9.49. The Morgan fingerprint density at radius 2 is 1.71 bits per heavy atom. The summed E-state index contributed by atoms with van der Waals surface area (Å²) in [6.45, 7) is 6.49. The van der Waals surface area contributed by atoms with Crippen molar-refractivity contribution < 1.29 is 9.53 Å². The van der Waals surface area contributed by atoms with Gasteiger partial charge in [0.25, 0.3) is 0 Å². The number of nitrogens with zero attached hydrogens (tertiary/aromatic N) is 5. The lowest BCUT2D eigenvalue weighted by Gasteiger charge is -2.24. The average molecular weight is 458 g/mol. The molecule has 1 aliphatic rings. The van der Waals surface area contributed by atoms with Crippen LogP contribution in [0, 0.1) is 0 Å². The van der Waals surface area contributed by atoms with Crippen molar-refractivity contribution in [1.29, 1.82) is 0 Å². The van der Waals surface area contributed by atoms with Crippen LogP contribution in [0.3, 0.4) is 0 Å². The number of carbonyl (C=O) groups is 1. The molecule has 1 saturated heterocycles. The van der Waals surface area contributed by atoms with Gasteiger partial charge in [-0.25, -0.2) is 14.6 Å². The Morgan fingerprint density at radius 1 is 1.00 bits per heavy atom. The highest BCUT2D eigenvalue weighted by molar-refractivity contribution is 5.75. The monoisotopic (exact) mass is 457 g/mol. The number of hydrogen-bond donors (Lipinski definition) is 0. The highest BCUT2D eigenvalue weighted by atomic mass is 16.6. The van der Waals surface area contributed by atoms with Crippen molar-refractivity contribution in [3.63, 3.8) is 0 Å². The third-order valence-electron chi connectivity index (χ3n) is 5.95. The van der Waals surface area contributed by atoms with Gasteiger partial charge in [0.2, 0.25) is 0 Å². The maximum Gasteiger partial charge on any atom is 0.410 e. The number of aromatic nitrogens is 4. The van der Waals surface area contributed by atoms with Crippen LogP contribution in [0.15, 0.2) is 71.9 Å². The molecule has 1 aromatic carbocycles. The molecule has 5 rings (SSSR count). The normalized spacial score (nSPS) is 16.2. The van der Waals surface area contributed by atoms with Crippen LogP contribution in [-0.2, 0) is 4.74 Å². The average Bonchev–Trinajstić information content (AvgIpc) is 3.41. The molecule has 1 aliphatic heterocycles. The van der Waals surface area contributed by atoms with E-state index < -0.39 is 5.60 Å². The van der Waals surface area contributed by atoms with Gasteiger partial charge in [-0.1, -0.05) is 12.1 Å². The van der Waals surface area contributed by atoms with E-state index in [2.05, 4.69) is 9.97 Å². The van der Waals surface area contributed by atoms with Crippen molar-refractivity contribution in [3.05, 3.63) is 77.6 Å². The molecule has 4 heterocycles. The number of ether oxygens (including phenoxy) is 1. The molecule has 0 bridgehead atoms. The van der Waals surface area contributed by atoms with Crippen LogP contribution in [-0.4, -0.2) is 48.8 Å². The molecule has 1 fully saturated rings. The minimum absolute atomic E-state index is 0.165. The quantitative estimate of drug-likeness (QED) is 0.455. The van der Waals surface area contributed by atoms with E-state index in [1.165, 1.54) is 0 Å². The predicted octanol–water partition coefficient (Wildman–Crippen LogP) is 4.43. The minimum atomic E-state index is -0.563. The first kappa shape index (κ1) is 21.9. The zero-order valence-electron chi connectivity index (χ0n) is 19.5. The van der Waals surface area contributed by atoms with Gasteiger partial charge in [-0.3, -0.25) is 14.1 Å². The number of likely N-dealkylation sites (tertiary alicyclic amines) is 1. The van der Waals surface area contributed by atoms with E-state index in [1.54, 1.807) is 32.6 Å². The Labute approximate surface area is 197 Å². The first-order valence-electron chi connectivity index (χ1n) is 11.4. The van der Waals surface area contributed by atoms with Gasteiger partial charge in [-0.2, -0.15) is 0 Å². The molecule has 4 aromatic rings. The summed E-state index contributed by atoms with van der Waals surface area (Å²) in [6.07, 6.45) is 5.52. The van der Waals surface area contributed by atoms with E-state index in [0.29, 0.717) is 25.2 Å². The van der Waals surface area contributed by atoms with Crippen LogP contribution >= 0.6 is 0 Å². The number of fused-ring (bicyclic) bond motifs is 1. The first-order chi connectivity index (χ1) is 16.3. The van der Waals surface area contributed by atoms with Crippen LogP contribution in [0.2, 0.25) is 0 Å². The summed E-state index contributed by atoms with van der Waals surface area (Å²) < 4.78 is 8.93. The highest BCUT2D eigenvalue weighted by Gasteiger charge is 2.33. The number of benzene rings is 1. The number of amides is 1. The van der Waals surface area contributed by atoms with Crippen molar-refractivity contribution in [2.45, 2.75) is 38.8 Å². The van der Waals surface area contributed by atoms with Gasteiger partial charge in [0.1, 0.15) is 5.60 Å². The lowest BCUT2D eigenvalue weighted by molar-refractivity contribution is 0.0289. The molecule has 174 valence electrons. The van der Waals surface area contributed by atoms with Gasteiger partial charge in [-0.15, -0.1) is 0 Å². The highest BCUT2D eigenvalue weighted by Crippen LogP contribution is 2.27. The molecule has 0 radical (unpaired) electrons. The Morgan fingerprint density at radius 3 is 2.41 bits per heavy atom. The molecule has 8 nitrogen and oxygen atoms in total. The van der Waals surface area contributed by atoms with Gasteiger partial charge in [0.15, 0.2) is 5.65 Å². The smallest absolute Gasteiger partial charge is 0.410 e. The van der Waals surface area contributed by atoms with Crippen LogP contribution in [0.4, 0.5) is 4.79 Å². The van der Waals surface area contributed by atoms with Crippen molar-refractivity contribution in [2.75, 3.05) is 13.1 Å². The molecular weight excluding hydrogens is 430 g/mol. The van der Waals surface area contributed by atoms with Crippen molar-refractivity contribution >= 4 is 17.3 Å². The molecular formula is C26H27N5O3. The van der Waals surface area contributed by atoms with Crippen LogP contribution < -0.4 is 5.69 Å². The Balaban J connectivity index is 1.50. The summed E-state index contributed by atoms with van der Waals surface area (Å²) in [6, 6.07) is 15.3. The number of carbonyl (C=O) groups excluding carboxylic acids is 1. The third-order valence-corrected chi connectivity index (χ3v) is 5.95. The van der Waals surface area contributed by atoms with E-state index in [0.717, 1.165) is 22.3 Å². The van der Waals surface area contributed by atoms with Crippen LogP contribution in [0.25, 0.3) is 28.0 Å². The number of rotatable bonds is 3. The topological polar surface area (TPSA) is 82.2 Å². The molecule has 0 N–H and O–H groups in total. The Bertz CT molecular complexity index is 1380. The Kier molecular flexibility index (Phi) is 5.43. The van der Waals surface area contributed by atoms with Crippen molar-refractivity contribution in [2.24, 2.45) is 0 Å². The SMILES string of the molecule is CC(C)(C)OC(=O)N1CCC(n2c(=O)n(-c3ccc(-c4ccncc4)cc3)c3cccnc32)C1. The molecule has 1 amide bonds. The van der Waals surface area contributed by atoms with Gasteiger partial charge >= 0.3 is 11.8 Å². The number of imidazole rings is 1. The minimum Gasteiger partial charge on any atom is -0.444 e. The van der Waals surface area contributed by atoms with Gasteiger partial charge < -0.3 is 9.64 Å². The van der Waals surface area contributed by atoms with E-state index in [4.69, 9.17) is 4.74 Å². The molecule has 0 spiro atoms. The summed E-state index contributed by atoms with van der Waals surface area (Å²) >= 11 is 0. The standard InChI is InChI=1S/C26H27N5O3/c1-26(2,3)34-25(33)29-16-12-21(17-29)31-23-22(5-4-13-28-23)30(24(31)32)20-8-6-18(7-9-20)19-10-14-27-15-11-19/h4-11,13-15,21H,12,16-17H2,1-3H3. The molecule has 0 aliphatic carbocycles. The molecule has 0 saturated carbocycles. The van der Waals surface area contributed by atoms with Crippen molar-refractivity contribution in [1.82, 2.24) is 24.0 Å². The van der Waals surface area contributed by atoms with E-state index in [-0.39, 0.29) is 17.8 Å². The fraction of sp³-hybridized carbons (Fsp3) is 0.308. The molecule has 1 unspecified atom stereocenters. The second-order valence-corrected chi connectivity index (χ2v) is 9.49. The molecule has 3 aromatic heterocycles. The zero-order valence-corrected chi connectivity index (χ0v) is 19.5. The summed E-state index contributed by atoms with van der Waals surface area (Å²) in [5.74, 6) is 0. The van der Waals surface area contributed by atoms with E-state index in [9.17, 15) is 9.59 Å².